The van der Waals surface area contributed by atoms with Crippen molar-refractivity contribution in [2.75, 3.05) is 49.5 Å². The van der Waals surface area contributed by atoms with Crippen LogP contribution in [0.25, 0.3) is 0 Å². The molecule has 3 aromatic rings. The molecule has 1 heterocycles. The Morgan fingerprint density at radius 1 is 0.947 bits per heavy atom. The predicted molar refractivity (Wildman–Crippen MR) is 153 cm³/mol. The van der Waals surface area contributed by atoms with E-state index in [9.17, 15) is 18.0 Å². The number of thioether (sulfide) groups is 1. The van der Waals surface area contributed by atoms with Crippen LogP contribution in [0.5, 0.6) is 0 Å². The topological polar surface area (TPSA) is 44.8 Å². The van der Waals surface area contributed by atoms with E-state index in [-0.39, 0.29) is 48.1 Å². The van der Waals surface area contributed by atoms with Gasteiger partial charge in [0.2, 0.25) is 0 Å². The Kier molecular flexibility index (Phi) is 12.4. The molecule has 0 atom stereocenters. The van der Waals surface area contributed by atoms with Gasteiger partial charge in [-0.25, -0.2) is 4.79 Å². The summed E-state index contributed by atoms with van der Waals surface area (Å²) in [6, 6.07) is 20.5. The first-order valence-corrected chi connectivity index (χ1v) is 12.6. The van der Waals surface area contributed by atoms with Gasteiger partial charge in [0, 0.05) is 54.0 Å². The van der Waals surface area contributed by atoms with Crippen LogP contribution < -0.4 is 10.2 Å². The molecule has 4 rings (SSSR count). The van der Waals surface area contributed by atoms with E-state index in [0.29, 0.717) is 28.5 Å². The van der Waals surface area contributed by atoms with Crippen molar-refractivity contribution in [2.24, 2.45) is 0 Å². The van der Waals surface area contributed by atoms with Gasteiger partial charge in [0.25, 0.3) is 0 Å². The number of para-hydroxylation sites is 1. The third-order valence-electron chi connectivity index (χ3n) is 5.68. The molecule has 38 heavy (non-hydrogen) atoms. The predicted octanol–water partition coefficient (Wildman–Crippen LogP) is 7.52. The highest BCUT2D eigenvalue weighted by molar-refractivity contribution is 8.00. The number of ether oxygens (including phenoxy) is 1. The van der Waals surface area contributed by atoms with Crippen molar-refractivity contribution in [3.8, 4) is 0 Å². The van der Waals surface area contributed by atoms with Crippen molar-refractivity contribution in [1.29, 1.82) is 0 Å². The van der Waals surface area contributed by atoms with Gasteiger partial charge in [-0.05, 0) is 60.3 Å². The fourth-order valence-electron chi connectivity index (χ4n) is 3.94. The maximum absolute atomic E-state index is 12.8. The standard InChI is InChI=1S/C26H25ClF3N3O2S.2ClH/c27-19-5-3-7-21(17-19)33-13-11-32(12-14-33)15-16-35-25(34)23-9-1-2-10-24(23)31-20-6-4-8-22(18-20)36-26(28,29)30;;/h1-10,17-18,31H,11-16H2;2*1H. The van der Waals surface area contributed by atoms with E-state index >= 15 is 0 Å². The summed E-state index contributed by atoms with van der Waals surface area (Å²) in [5.41, 5.74) is -2.05. The van der Waals surface area contributed by atoms with Crippen molar-refractivity contribution >= 4 is 71.2 Å². The van der Waals surface area contributed by atoms with Crippen LogP contribution >= 0.6 is 48.2 Å². The van der Waals surface area contributed by atoms with Crippen LogP contribution in [0.4, 0.5) is 30.2 Å². The van der Waals surface area contributed by atoms with Crippen LogP contribution in [0.15, 0.2) is 77.7 Å². The average Bonchev–Trinajstić information content (AvgIpc) is 2.84. The molecule has 0 saturated carbocycles. The van der Waals surface area contributed by atoms with E-state index in [2.05, 4.69) is 15.1 Å². The lowest BCUT2D eigenvalue weighted by molar-refractivity contribution is -0.0328. The van der Waals surface area contributed by atoms with Gasteiger partial charge < -0.3 is 15.0 Å². The Labute approximate surface area is 241 Å². The third kappa shape index (κ3) is 9.47. The molecule has 0 unspecified atom stereocenters. The summed E-state index contributed by atoms with van der Waals surface area (Å²) in [6.45, 7) is 4.24. The van der Waals surface area contributed by atoms with Gasteiger partial charge in [-0.3, -0.25) is 4.90 Å². The second kappa shape index (κ2) is 14.7. The number of esters is 1. The van der Waals surface area contributed by atoms with Gasteiger partial charge in [0.1, 0.15) is 6.61 Å². The number of anilines is 3. The molecule has 1 N–H and O–H groups in total. The number of hydrogen-bond donors (Lipinski definition) is 1. The van der Waals surface area contributed by atoms with Crippen LogP contribution in [-0.2, 0) is 4.74 Å². The lowest BCUT2D eigenvalue weighted by Gasteiger charge is -2.36. The molecule has 0 radical (unpaired) electrons. The number of piperazine rings is 1. The summed E-state index contributed by atoms with van der Waals surface area (Å²) >= 11 is 5.91. The first-order chi connectivity index (χ1) is 17.3. The second-order valence-electron chi connectivity index (χ2n) is 8.19. The zero-order chi connectivity index (χ0) is 25.5. The Balaban J connectivity index is 0.00000253. The maximum atomic E-state index is 12.8. The summed E-state index contributed by atoms with van der Waals surface area (Å²) in [5, 5.41) is 3.75. The first-order valence-electron chi connectivity index (χ1n) is 11.4. The van der Waals surface area contributed by atoms with Crippen molar-refractivity contribution in [1.82, 2.24) is 4.90 Å². The lowest BCUT2D eigenvalue weighted by Crippen LogP contribution is -2.47. The van der Waals surface area contributed by atoms with E-state index in [1.54, 1.807) is 30.3 Å². The van der Waals surface area contributed by atoms with Crippen LogP contribution in [0.3, 0.4) is 0 Å². The molecule has 1 fully saturated rings. The minimum atomic E-state index is -4.37. The quantitative estimate of drug-likeness (QED) is 0.211. The number of nitrogens with one attached hydrogen (secondary N) is 1. The fraction of sp³-hybridized carbons (Fsp3) is 0.269. The van der Waals surface area contributed by atoms with Gasteiger partial charge in [-0.1, -0.05) is 35.9 Å². The van der Waals surface area contributed by atoms with E-state index < -0.39 is 11.5 Å². The summed E-state index contributed by atoms with van der Waals surface area (Å²) < 4.78 is 43.6. The Hall–Kier alpha value is -2.30. The van der Waals surface area contributed by atoms with Crippen LogP contribution in [0.2, 0.25) is 5.02 Å². The van der Waals surface area contributed by atoms with Crippen LogP contribution in [0, 0.1) is 0 Å². The molecule has 206 valence electrons. The number of halogens is 6. The number of carbonyl (C=O) groups is 1. The Morgan fingerprint density at radius 3 is 2.37 bits per heavy atom. The highest BCUT2D eigenvalue weighted by Gasteiger charge is 2.29. The smallest absolute Gasteiger partial charge is 0.446 e. The van der Waals surface area contributed by atoms with Gasteiger partial charge >= 0.3 is 11.5 Å². The largest absolute Gasteiger partial charge is 0.461 e. The van der Waals surface area contributed by atoms with Crippen molar-refractivity contribution in [3.63, 3.8) is 0 Å². The van der Waals surface area contributed by atoms with Crippen LogP contribution in [-0.4, -0.2) is 55.7 Å². The van der Waals surface area contributed by atoms with Crippen molar-refractivity contribution in [2.45, 2.75) is 10.4 Å². The van der Waals surface area contributed by atoms with E-state index in [1.807, 2.05) is 24.3 Å². The number of hydrogen-bond acceptors (Lipinski definition) is 6. The normalized spacial score (nSPS) is 13.7. The maximum Gasteiger partial charge on any atom is 0.446 e. The molecular formula is C26H27Cl3F3N3O2S. The molecule has 3 aromatic carbocycles. The monoisotopic (exact) mass is 607 g/mol. The third-order valence-corrected chi connectivity index (χ3v) is 6.64. The minimum absolute atomic E-state index is 0. The van der Waals surface area contributed by atoms with E-state index in [0.717, 1.165) is 31.9 Å². The molecule has 5 nitrogen and oxygen atoms in total. The molecule has 0 aromatic heterocycles. The molecule has 1 aliphatic heterocycles. The molecule has 0 spiro atoms. The van der Waals surface area contributed by atoms with Gasteiger partial charge in [-0.2, -0.15) is 13.2 Å². The summed E-state index contributed by atoms with van der Waals surface area (Å²) in [6.07, 6.45) is 0. The number of rotatable bonds is 8. The SMILES string of the molecule is Cl.Cl.O=C(OCCN1CCN(c2cccc(Cl)c2)CC1)c1ccccc1Nc1cccc(SC(F)(F)F)c1. The molecule has 0 amide bonds. The number of nitrogens with zero attached hydrogens (tertiary/aromatic N) is 2. The zero-order valence-corrected chi connectivity index (χ0v) is 23.3. The van der Waals surface area contributed by atoms with Crippen molar-refractivity contribution < 1.29 is 22.7 Å². The highest BCUT2D eigenvalue weighted by Crippen LogP contribution is 2.38. The van der Waals surface area contributed by atoms with E-state index in [4.69, 9.17) is 16.3 Å². The lowest BCUT2D eigenvalue weighted by atomic mass is 10.1. The number of benzene rings is 3. The fourth-order valence-corrected chi connectivity index (χ4v) is 4.73. The number of carbonyl (C=O) groups excluding carboxylic acids is 1. The average molecular weight is 609 g/mol. The van der Waals surface area contributed by atoms with Gasteiger partial charge in [0.15, 0.2) is 0 Å². The summed E-state index contributed by atoms with van der Waals surface area (Å²) in [7, 11) is 0. The Bertz CT molecular complexity index is 1200. The number of alkyl halides is 3. The molecule has 0 bridgehead atoms. The first kappa shape index (κ1) is 31.9. The molecule has 12 heteroatoms. The summed E-state index contributed by atoms with van der Waals surface area (Å²) in [4.78, 5) is 17.3. The Morgan fingerprint density at radius 2 is 1.66 bits per heavy atom. The zero-order valence-electron chi connectivity index (χ0n) is 20.1. The molecule has 1 saturated heterocycles. The summed E-state index contributed by atoms with van der Waals surface area (Å²) in [5.74, 6) is -0.489. The molecular weight excluding hydrogens is 582 g/mol. The molecule has 1 aliphatic rings. The second-order valence-corrected chi connectivity index (χ2v) is 9.77. The van der Waals surface area contributed by atoms with Crippen LogP contribution in [0.1, 0.15) is 10.4 Å². The van der Waals surface area contributed by atoms with Gasteiger partial charge in [-0.15, -0.1) is 24.8 Å². The van der Waals surface area contributed by atoms with E-state index in [1.165, 1.54) is 18.2 Å². The van der Waals surface area contributed by atoms with Gasteiger partial charge in [0.05, 0.1) is 11.3 Å². The minimum Gasteiger partial charge on any atom is -0.461 e. The molecule has 0 aliphatic carbocycles. The highest BCUT2D eigenvalue weighted by atomic mass is 35.5. The van der Waals surface area contributed by atoms with Crippen molar-refractivity contribution in [3.05, 3.63) is 83.4 Å².